The number of hydrogen-bond acceptors (Lipinski definition) is 4. The number of benzene rings is 1. The Morgan fingerprint density at radius 1 is 1.35 bits per heavy atom. The molecular formula is C11H14N2O3S. The molecule has 0 saturated carbocycles. The number of carbonyl (C=O) groups excluding carboxylic acids is 2. The molecule has 92 valence electrons. The lowest BCUT2D eigenvalue weighted by molar-refractivity contribution is -0.124. The first-order chi connectivity index (χ1) is 8.13. The van der Waals surface area contributed by atoms with Crippen molar-refractivity contribution in [3.63, 3.8) is 0 Å². The predicted molar refractivity (Wildman–Crippen MR) is 66.3 cm³/mol. The summed E-state index contributed by atoms with van der Waals surface area (Å²) in [6, 6.07) is 7.15. The van der Waals surface area contributed by atoms with Crippen LogP contribution in [-0.4, -0.2) is 24.7 Å². The fourth-order valence-corrected chi connectivity index (χ4v) is 1.68. The Hall–Kier alpha value is -1.53. The molecule has 0 saturated heterocycles. The monoisotopic (exact) mass is 254 g/mol. The molecule has 0 unspecified atom stereocenters. The largest absolute Gasteiger partial charge is 0.368 e. The van der Waals surface area contributed by atoms with E-state index in [2.05, 4.69) is 10.3 Å². The van der Waals surface area contributed by atoms with Gasteiger partial charge in [0.2, 0.25) is 5.91 Å². The molecule has 1 aromatic rings. The van der Waals surface area contributed by atoms with Crippen molar-refractivity contribution in [2.45, 2.75) is 5.75 Å². The normalized spacial score (nSPS) is 9.94. The van der Waals surface area contributed by atoms with Crippen LogP contribution in [0.3, 0.4) is 0 Å². The highest BCUT2D eigenvalue weighted by atomic mass is 32.2. The van der Waals surface area contributed by atoms with Crippen LogP contribution in [0.25, 0.3) is 0 Å². The zero-order valence-corrected chi connectivity index (χ0v) is 10.3. The van der Waals surface area contributed by atoms with E-state index in [-0.39, 0.29) is 6.61 Å². The first-order valence-electron chi connectivity index (χ1n) is 4.92. The molecule has 2 amide bonds. The fraction of sp³-hybridized carbons (Fsp3) is 0.273. The Bertz CT molecular complexity index is 392. The van der Waals surface area contributed by atoms with Gasteiger partial charge in [0.05, 0.1) is 0 Å². The second kappa shape index (κ2) is 6.93. The summed E-state index contributed by atoms with van der Waals surface area (Å²) in [5.74, 6) is -0.136. The SMILES string of the molecule is CSCc1ccc(C(=O)NOCC(N)=O)cc1. The smallest absolute Gasteiger partial charge is 0.274 e. The summed E-state index contributed by atoms with van der Waals surface area (Å²) in [5, 5.41) is 0. The van der Waals surface area contributed by atoms with Crippen molar-refractivity contribution in [1.29, 1.82) is 0 Å². The lowest BCUT2D eigenvalue weighted by atomic mass is 10.1. The number of hydrogen-bond donors (Lipinski definition) is 2. The minimum atomic E-state index is -0.638. The van der Waals surface area contributed by atoms with E-state index in [0.717, 1.165) is 11.3 Å². The third-order valence-corrected chi connectivity index (χ3v) is 2.53. The molecule has 6 heteroatoms. The topological polar surface area (TPSA) is 81.4 Å². The maximum absolute atomic E-state index is 11.5. The summed E-state index contributed by atoms with van der Waals surface area (Å²) in [7, 11) is 0. The number of amides is 2. The highest BCUT2D eigenvalue weighted by Crippen LogP contribution is 2.10. The zero-order valence-electron chi connectivity index (χ0n) is 9.43. The third-order valence-electron chi connectivity index (χ3n) is 1.91. The molecule has 0 atom stereocenters. The average Bonchev–Trinajstić information content (AvgIpc) is 2.30. The van der Waals surface area contributed by atoms with Crippen molar-refractivity contribution < 1.29 is 14.4 Å². The van der Waals surface area contributed by atoms with Gasteiger partial charge in [-0.15, -0.1) is 0 Å². The average molecular weight is 254 g/mol. The van der Waals surface area contributed by atoms with Crippen LogP contribution in [0, 0.1) is 0 Å². The molecule has 3 N–H and O–H groups in total. The van der Waals surface area contributed by atoms with Gasteiger partial charge < -0.3 is 5.73 Å². The molecule has 0 aliphatic heterocycles. The lowest BCUT2D eigenvalue weighted by Gasteiger charge is -2.05. The summed E-state index contributed by atoms with van der Waals surface area (Å²) in [6.07, 6.45) is 2.01. The van der Waals surface area contributed by atoms with Gasteiger partial charge in [0.25, 0.3) is 5.91 Å². The van der Waals surface area contributed by atoms with Gasteiger partial charge in [-0.1, -0.05) is 12.1 Å². The molecule has 0 aromatic heterocycles. The van der Waals surface area contributed by atoms with Crippen LogP contribution in [0.15, 0.2) is 24.3 Å². The Kier molecular flexibility index (Phi) is 5.51. The van der Waals surface area contributed by atoms with Gasteiger partial charge in [0.1, 0.15) is 0 Å². The maximum atomic E-state index is 11.5. The number of carbonyl (C=O) groups is 2. The van der Waals surface area contributed by atoms with Gasteiger partial charge >= 0.3 is 0 Å². The van der Waals surface area contributed by atoms with E-state index in [0.29, 0.717) is 5.56 Å². The van der Waals surface area contributed by atoms with Crippen molar-refractivity contribution >= 4 is 23.6 Å². The molecule has 0 heterocycles. The van der Waals surface area contributed by atoms with Gasteiger partial charge in [0.15, 0.2) is 6.61 Å². The maximum Gasteiger partial charge on any atom is 0.274 e. The van der Waals surface area contributed by atoms with Gasteiger partial charge in [-0.25, -0.2) is 5.48 Å². The summed E-state index contributed by atoms with van der Waals surface area (Å²) in [6.45, 7) is -0.337. The van der Waals surface area contributed by atoms with Gasteiger partial charge in [-0.3, -0.25) is 14.4 Å². The van der Waals surface area contributed by atoms with Crippen molar-refractivity contribution in [3.8, 4) is 0 Å². The van der Waals surface area contributed by atoms with Gasteiger partial charge in [0, 0.05) is 11.3 Å². The molecule has 0 radical (unpaired) electrons. The van der Waals surface area contributed by atoms with Crippen LogP contribution in [0.4, 0.5) is 0 Å². The van der Waals surface area contributed by atoms with Crippen LogP contribution < -0.4 is 11.2 Å². The summed E-state index contributed by atoms with van der Waals surface area (Å²) in [4.78, 5) is 26.5. The van der Waals surface area contributed by atoms with Crippen molar-refractivity contribution in [2.75, 3.05) is 12.9 Å². The number of nitrogens with two attached hydrogens (primary N) is 1. The first-order valence-corrected chi connectivity index (χ1v) is 6.31. The highest BCUT2D eigenvalue weighted by molar-refractivity contribution is 7.97. The Balaban J connectivity index is 2.48. The second-order valence-corrected chi connectivity index (χ2v) is 4.18. The minimum Gasteiger partial charge on any atom is -0.368 e. The molecule has 1 rings (SSSR count). The molecule has 17 heavy (non-hydrogen) atoms. The molecule has 1 aromatic carbocycles. The van der Waals surface area contributed by atoms with E-state index in [1.807, 2.05) is 18.4 Å². The molecule has 0 spiro atoms. The van der Waals surface area contributed by atoms with Crippen molar-refractivity contribution in [1.82, 2.24) is 5.48 Å². The van der Waals surface area contributed by atoms with E-state index in [9.17, 15) is 9.59 Å². The van der Waals surface area contributed by atoms with Crippen LogP contribution in [0.5, 0.6) is 0 Å². The molecule has 0 aliphatic rings. The quantitative estimate of drug-likeness (QED) is 0.732. The predicted octanol–water partition coefficient (Wildman–Crippen LogP) is 0.696. The van der Waals surface area contributed by atoms with E-state index in [4.69, 9.17) is 5.73 Å². The fourth-order valence-electron chi connectivity index (χ4n) is 1.15. The molecule has 0 fully saturated rings. The summed E-state index contributed by atoms with van der Waals surface area (Å²) < 4.78 is 0. The first kappa shape index (κ1) is 13.5. The number of thioether (sulfide) groups is 1. The lowest BCUT2D eigenvalue weighted by Crippen LogP contribution is -2.29. The molecule has 0 aliphatic carbocycles. The van der Waals surface area contributed by atoms with E-state index < -0.39 is 11.8 Å². The highest BCUT2D eigenvalue weighted by Gasteiger charge is 2.05. The second-order valence-electron chi connectivity index (χ2n) is 3.32. The van der Waals surface area contributed by atoms with E-state index in [1.165, 1.54) is 0 Å². The third kappa shape index (κ3) is 4.88. The van der Waals surface area contributed by atoms with Crippen molar-refractivity contribution in [3.05, 3.63) is 35.4 Å². The summed E-state index contributed by atoms with van der Waals surface area (Å²) >= 11 is 1.71. The molecule has 5 nitrogen and oxygen atoms in total. The molecular weight excluding hydrogens is 240 g/mol. The number of primary amides is 1. The minimum absolute atomic E-state index is 0.337. The van der Waals surface area contributed by atoms with E-state index >= 15 is 0 Å². The Morgan fingerprint density at radius 3 is 2.53 bits per heavy atom. The molecule has 0 bridgehead atoms. The Labute approximate surface area is 104 Å². The van der Waals surface area contributed by atoms with Crippen LogP contribution in [0.2, 0.25) is 0 Å². The van der Waals surface area contributed by atoms with E-state index in [1.54, 1.807) is 23.9 Å². The van der Waals surface area contributed by atoms with Gasteiger partial charge in [-0.2, -0.15) is 11.8 Å². The van der Waals surface area contributed by atoms with Crippen LogP contribution in [-0.2, 0) is 15.4 Å². The number of hydroxylamine groups is 1. The van der Waals surface area contributed by atoms with Crippen LogP contribution >= 0.6 is 11.8 Å². The summed E-state index contributed by atoms with van der Waals surface area (Å²) in [5.41, 5.74) is 8.61. The standard InChI is InChI=1S/C11H14N2O3S/c1-17-7-8-2-4-9(5-3-8)11(15)13-16-6-10(12)14/h2-5H,6-7H2,1H3,(H2,12,14)(H,13,15). The van der Waals surface area contributed by atoms with Gasteiger partial charge in [-0.05, 0) is 24.0 Å². The number of rotatable bonds is 6. The number of nitrogens with one attached hydrogen (secondary N) is 1. The van der Waals surface area contributed by atoms with Crippen LogP contribution in [0.1, 0.15) is 15.9 Å². The zero-order chi connectivity index (χ0) is 12.7. The Morgan fingerprint density at radius 2 is 2.00 bits per heavy atom. The van der Waals surface area contributed by atoms with Crippen molar-refractivity contribution in [2.24, 2.45) is 5.73 Å².